The van der Waals surface area contributed by atoms with Crippen molar-refractivity contribution in [3.8, 4) is 5.75 Å². The van der Waals surface area contributed by atoms with Gasteiger partial charge in [0.2, 0.25) is 5.91 Å². The molecule has 3 N–H and O–H groups in total. The molecule has 9 nitrogen and oxygen atoms in total. The summed E-state index contributed by atoms with van der Waals surface area (Å²) in [5.74, 6) is -0.0854. The number of amidine groups is 2. The van der Waals surface area contributed by atoms with Gasteiger partial charge in [0.05, 0.1) is 17.1 Å². The number of rotatable bonds is 9. The molecule has 44 heavy (non-hydrogen) atoms. The Labute approximate surface area is 257 Å². The van der Waals surface area contributed by atoms with Crippen LogP contribution in [0.1, 0.15) is 42.0 Å². The zero-order valence-corrected chi connectivity index (χ0v) is 25.1. The molecule has 0 aliphatic carbocycles. The number of ether oxygens (including phenoxy) is 1. The fourth-order valence-electron chi connectivity index (χ4n) is 4.42. The third kappa shape index (κ3) is 8.47. The van der Waals surface area contributed by atoms with Gasteiger partial charge in [-0.3, -0.25) is 9.69 Å². The fourth-order valence-corrected chi connectivity index (χ4v) is 5.27. The summed E-state index contributed by atoms with van der Waals surface area (Å²) in [5, 5.41) is 3.19. The number of nitrogens with zero attached hydrogens (tertiary/aromatic N) is 4. The van der Waals surface area contributed by atoms with E-state index in [4.69, 9.17) is 5.73 Å². The molecular weight excluding hydrogens is 593 g/mol. The standard InChI is InChI=1S/C31H31F3N6O3S/c1-4-21-7-5-6-19(2)27(21)40-26(41)17-44-30(40)39-29(42)36-16-20(3)22-8-10-23(11-9-22)28(35)38-18-37-24-12-14-25(15-13-24)43-31(32,33)34/h5-15,18,20H,4,16-17H2,1-3H3,(H,36,42)(H2,35,37,38). The molecule has 1 saturated heterocycles. The van der Waals surface area contributed by atoms with Crippen molar-refractivity contribution in [2.24, 2.45) is 20.7 Å². The number of nitrogens with one attached hydrogen (secondary N) is 1. The van der Waals surface area contributed by atoms with E-state index < -0.39 is 12.4 Å². The summed E-state index contributed by atoms with van der Waals surface area (Å²) >= 11 is 1.24. The quantitative estimate of drug-likeness (QED) is 0.209. The lowest BCUT2D eigenvalue weighted by molar-refractivity contribution is -0.274. The van der Waals surface area contributed by atoms with Gasteiger partial charge in [-0.1, -0.05) is 68.1 Å². The Bertz CT molecular complexity index is 1590. The van der Waals surface area contributed by atoms with Crippen molar-refractivity contribution in [1.82, 2.24) is 5.32 Å². The minimum absolute atomic E-state index is 0.0470. The first-order valence-corrected chi connectivity index (χ1v) is 14.7. The van der Waals surface area contributed by atoms with Crippen LogP contribution in [0.25, 0.3) is 0 Å². The van der Waals surface area contributed by atoms with Crippen molar-refractivity contribution in [2.75, 3.05) is 17.2 Å². The molecule has 3 amide bonds. The number of para-hydroxylation sites is 1. The van der Waals surface area contributed by atoms with Crippen LogP contribution in [0, 0.1) is 6.92 Å². The molecule has 1 fully saturated rings. The SMILES string of the molecule is CCc1cccc(C)c1N1C(=O)CSC1=NC(=O)NCC(C)c1ccc(C(N)=NC=Nc2ccc(OC(F)(F)F)cc2)cc1. The van der Waals surface area contributed by atoms with Crippen LogP contribution in [-0.4, -0.2) is 47.9 Å². The summed E-state index contributed by atoms with van der Waals surface area (Å²) in [7, 11) is 0. The number of amides is 3. The summed E-state index contributed by atoms with van der Waals surface area (Å²) in [6.45, 7) is 6.23. The Hall–Kier alpha value is -4.65. The molecule has 1 unspecified atom stereocenters. The lowest BCUT2D eigenvalue weighted by Crippen LogP contribution is -2.33. The highest BCUT2D eigenvalue weighted by molar-refractivity contribution is 8.15. The van der Waals surface area contributed by atoms with E-state index >= 15 is 0 Å². The van der Waals surface area contributed by atoms with Crippen LogP contribution in [-0.2, 0) is 11.2 Å². The van der Waals surface area contributed by atoms with Crippen molar-refractivity contribution in [3.63, 3.8) is 0 Å². The number of halogens is 3. The summed E-state index contributed by atoms with van der Waals surface area (Å²) in [4.78, 5) is 39.4. The number of anilines is 1. The van der Waals surface area contributed by atoms with E-state index in [1.54, 1.807) is 17.0 Å². The molecule has 0 bridgehead atoms. The molecule has 0 saturated carbocycles. The molecule has 0 radical (unpaired) electrons. The minimum Gasteiger partial charge on any atom is -0.406 e. The van der Waals surface area contributed by atoms with Gasteiger partial charge in [0.25, 0.3) is 0 Å². The molecule has 1 heterocycles. The summed E-state index contributed by atoms with van der Waals surface area (Å²) in [5.41, 5.74) is 10.8. The maximum atomic E-state index is 12.7. The van der Waals surface area contributed by atoms with Crippen LogP contribution >= 0.6 is 11.8 Å². The minimum atomic E-state index is -4.76. The molecular formula is C31H31F3N6O3S. The van der Waals surface area contributed by atoms with E-state index in [1.165, 1.54) is 30.2 Å². The Morgan fingerprint density at radius 3 is 2.50 bits per heavy atom. The van der Waals surface area contributed by atoms with Crippen LogP contribution in [0.2, 0.25) is 0 Å². The number of hydrogen-bond acceptors (Lipinski definition) is 5. The van der Waals surface area contributed by atoms with Crippen LogP contribution in [0.3, 0.4) is 0 Å². The Balaban J connectivity index is 1.33. The molecule has 1 atom stereocenters. The Morgan fingerprint density at radius 1 is 1.14 bits per heavy atom. The van der Waals surface area contributed by atoms with Crippen LogP contribution in [0.15, 0.2) is 81.7 Å². The Morgan fingerprint density at radius 2 is 1.84 bits per heavy atom. The van der Waals surface area contributed by atoms with E-state index in [1.807, 2.05) is 51.1 Å². The molecule has 3 aromatic rings. The smallest absolute Gasteiger partial charge is 0.406 e. The second-order valence-electron chi connectivity index (χ2n) is 9.86. The fraction of sp³-hybridized carbons (Fsp3) is 0.258. The number of carbonyl (C=O) groups is 2. The molecule has 13 heteroatoms. The highest BCUT2D eigenvalue weighted by Gasteiger charge is 2.33. The molecule has 3 aromatic carbocycles. The predicted molar refractivity (Wildman–Crippen MR) is 168 cm³/mol. The maximum absolute atomic E-state index is 12.7. The van der Waals surface area contributed by atoms with Crippen molar-refractivity contribution < 1.29 is 27.5 Å². The second kappa shape index (κ2) is 14.2. The molecule has 1 aliphatic heterocycles. The first-order chi connectivity index (χ1) is 20.9. The monoisotopic (exact) mass is 624 g/mol. The lowest BCUT2D eigenvalue weighted by Gasteiger charge is -2.21. The maximum Gasteiger partial charge on any atom is 0.573 e. The number of nitrogens with two attached hydrogens (primary N) is 1. The number of aliphatic imine (C=N–C) groups is 3. The van der Waals surface area contributed by atoms with Gasteiger partial charge in [0.15, 0.2) is 5.17 Å². The van der Waals surface area contributed by atoms with Gasteiger partial charge in [0, 0.05) is 12.1 Å². The van der Waals surface area contributed by atoms with Gasteiger partial charge < -0.3 is 15.8 Å². The van der Waals surface area contributed by atoms with Gasteiger partial charge in [-0.25, -0.2) is 14.8 Å². The third-order valence-electron chi connectivity index (χ3n) is 6.70. The first-order valence-electron chi connectivity index (χ1n) is 13.7. The zero-order valence-electron chi connectivity index (χ0n) is 24.3. The highest BCUT2D eigenvalue weighted by atomic mass is 32.2. The van der Waals surface area contributed by atoms with Crippen molar-refractivity contribution in [3.05, 3.63) is 89.0 Å². The molecule has 4 rings (SSSR count). The Kier molecular flexibility index (Phi) is 10.4. The number of hydrogen-bond donors (Lipinski definition) is 2. The van der Waals surface area contributed by atoms with Gasteiger partial charge in [-0.05, 0) is 60.2 Å². The molecule has 1 aliphatic rings. The number of alkyl halides is 3. The largest absolute Gasteiger partial charge is 0.573 e. The third-order valence-corrected chi connectivity index (χ3v) is 7.62. The molecule has 0 spiro atoms. The summed E-state index contributed by atoms with van der Waals surface area (Å²) in [6.07, 6.45) is -2.81. The van der Waals surface area contributed by atoms with Crippen molar-refractivity contribution in [1.29, 1.82) is 0 Å². The van der Waals surface area contributed by atoms with E-state index in [9.17, 15) is 22.8 Å². The molecule has 0 aromatic heterocycles. The van der Waals surface area contributed by atoms with Crippen LogP contribution < -0.4 is 20.7 Å². The van der Waals surface area contributed by atoms with E-state index in [-0.39, 0.29) is 29.2 Å². The average Bonchev–Trinajstić information content (AvgIpc) is 3.34. The van der Waals surface area contributed by atoms with Crippen molar-refractivity contribution >= 4 is 52.4 Å². The highest BCUT2D eigenvalue weighted by Crippen LogP contribution is 2.33. The average molecular weight is 625 g/mol. The summed E-state index contributed by atoms with van der Waals surface area (Å²) < 4.78 is 40.7. The van der Waals surface area contributed by atoms with Crippen LogP contribution in [0.4, 0.5) is 29.3 Å². The normalized spacial score (nSPS) is 15.7. The second-order valence-corrected chi connectivity index (χ2v) is 10.8. The van der Waals surface area contributed by atoms with E-state index in [2.05, 4.69) is 25.0 Å². The topological polar surface area (TPSA) is 122 Å². The van der Waals surface area contributed by atoms with Crippen molar-refractivity contribution in [2.45, 2.75) is 39.5 Å². The predicted octanol–water partition coefficient (Wildman–Crippen LogP) is 6.47. The lowest BCUT2D eigenvalue weighted by atomic mass is 9.99. The number of carbonyl (C=O) groups excluding carboxylic acids is 2. The number of benzene rings is 3. The van der Waals surface area contributed by atoms with E-state index in [0.717, 1.165) is 40.9 Å². The summed E-state index contributed by atoms with van der Waals surface area (Å²) in [6, 6.07) is 17.7. The van der Waals surface area contributed by atoms with Gasteiger partial charge in [0.1, 0.15) is 17.9 Å². The molecule has 230 valence electrons. The number of urea groups is 1. The van der Waals surface area contributed by atoms with Gasteiger partial charge in [-0.15, -0.1) is 13.2 Å². The zero-order chi connectivity index (χ0) is 31.9. The number of thioether (sulfide) groups is 1. The van der Waals surface area contributed by atoms with Gasteiger partial charge in [-0.2, -0.15) is 4.99 Å². The first kappa shape index (κ1) is 32.3. The van der Waals surface area contributed by atoms with E-state index in [0.29, 0.717) is 23.0 Å². The number of aryl methyl sites for hydroxylation is 2. The van der Waals surface area contributed by atoms with Gasteiger partial charge >= 0.3 is 12.4 Å². The van der Waals surface area contributed by atoms with Crippen LogP contribution in [0.5, 0.6) is 5.75 Å².